The van der Waals surface area contributed by atoms with Crippen LogP contribution >= 0.6 is 104 Å². The van der Waals surface area contributed by atoms with Crippen LogP contribution in [-0.2, 0) is 0 Å². The molecule has 0 aromatic heterocycles. The molecule has 1 aromatic rings. The molecule has 1 unspecified atom stereocenters. The van der Waals surface area contributed by atoms with Crippen molar-refractivity contribution in [3.05, 3.63) is 41.5 Å². The Morgan fingerprint density at radius 3 is 1.82 bits per heavy atom. The molecule has 0 spiro atoms. The fourth-order valence-electron chi connectivity index (χ4n) is 2.15. The summed E-state index contributed by atoms with van der Waals surface area (Å²) in [6.45, 7) is 0. The van der Waals surface area contributed by atoms with Crippen molar-refractivity contribution in [1.82, 2.24) is 0 Å². The molecule has 0 bridgehead atoms. The molecule has 0 nitrogen and oxygen atoms in total. The first kappa shape index (κ1) is 19.9. The van der Waals surface area contributed by atoms with E-state index in [1.165, 1.54) is 0 Å². The molecule has 122 valence electrons. The minimum atomic E-state index is -2.28. The first-order chi connectivity index (χ1) is 9.84. The summed E-state index contributed by atoms with van der Waals surface area (Å²) in [7, 11) is 0. The maximum absolute atomic E-state index is 6.46. The van der Waals surface area contributed by atoms with Crippen LogP contribution in [-0.4, -0.2) is 16.8 Å². The Bertz CT molecular complexity index is 598. The molecule has 9 heteroatoms. The van der Waals surface area contributed by atoms with Crippen LogP contribution < -0.4 is 0 Å². The third-order valence-corrected chi connectivity index (χ3v) is 8.90. The normalized spacial score (nSPS) is 19.4. The third-order valence-electron chi connectivity index (χ3n) is 3.36. The van der Waals surface area contributed by atoms with Gasteiger partial charge in [-0.2, -0.15) is 0 Å². The standard InChI is InChI=1S/C13H7Cl9/c14-10(15,11(16,17)12(18,19)13(20,21)22)9-6-5-7-3-1-2-4-8(7)9/h1-6,9H. The Kier molecular flexibility index (Phi) is 5.77. The van der Waals surface area contributed by atoms with Crippen LogP contribution in [0.1, 0.15) is 17.0 Å². The van der Waals surface area contributed by atoms with Gasteiger partial charge in [0.25, 0.3) is 0 Å². The minimum Gasteiger partial charge on any atom is -0.0971 e. The SMILES string of the molecule is ClC(Cl)(Cl)C(Cl)(Cl)C(Cl)(Cl)C(Cl)(Cl)C1C=Cc2ccccc21. The fourth-order valence-corrected chi connectivity index (χ4v) is 4.54. The molecule has 22 heavy (non-hydrogen) atoms. The van der Waals surface area contributed by atoms with Crippen LogP contribution in [0.4, 0.5) is 0 Å². The van der Waals surface area contributed by atoms with E-state index >= 15 is 0 Å². The van der Waals surface area contributed by atoms with Crippen molar-refractivity contribution in [3.8, 4) is 0 Å². The van der Waals surface area contributed by atoms with Gasteiger partial charge in [0.15, 0.2) is 13.0 Å². The average molecular weight is 482 g/mol. The largest absolute Gasteiger partial charge is 0.226 e. The predicted molar refractivity (Wildman–Crippen MR) is 102 cm³/mol. The van der Waals surface area contributed by atoms with E-state index in [9.17, 15) is 0 Å². The topological polar surface area (TPSA) is 0 Å². The molecule has 0 heterocycles. The van der Waals surface area contributed by atoms with E-state index in [4.69, 9.17) is 104 Å². The molecule has 0 N–H and O–H groups in total. The van der Waals surface area contributed by atoms with Gasteiger partial charge in [0.1, 0.15) is 0 Å². The van der Waals surface area contributed by atoms with E-state index < -0.39 is 22.7 Å². The summed E-state index contributed by atoms with van der Waals surface area (Å²) in [5.74, 6) is -0.591. The van der Waals surface area contributed by atoms with Gasteiger partial charge in [-0.1, -0.05) is 141 Å². The Labute approximate surface area is 173 Å². The highest BCUT2D eigenvalue weighted by atomic mass is 35.6. The zero-order valence-electron chi connectivity index (χ0n) is 10.4. The monoisotopic (exact) mass is 478 g/mol. The van der Waals surface area contributed by atoms with Gasteiger partial charge in [0, 0.05) is 5.92 Å². The Hall–Kier alpha value is 1.57. The number of hydrogen-bond donors (Lipinski definition) is 0. The summed E-state index contributed by atoms with van der Waals surface area (Å²) in [4.78, 5) is 0. The lowest BCUT2D eigenvalue weighted by Crippen LogP contribution is -2.57. The number of hydrogen-bond acceptors (Lipinski definition) is 0. The van der Waals surface area contributed by atoms with Crippen LogP contribution in [0.15, 0.2) is 30.3 Å². The summed E-state index contributed by atoms with van der Waals surface area (Å²) in [6, 6.07) is 7.43. The van der Waals surface area contributed by atoms with E-state index in [0.717, 1.165) is 11.1 Å². The average Bonchev–Trinajstić information content (AvgIpc) is 2.81. The predicted octanol–water partition coefficient (Wildman–Crippen LogP) is 7.69. The van der Waals surface area contributed by atoms with Gasteiger partial charge in [-0.05, 0) is 11.1 Å². The van der Waals surface area contributed by atoms with Crippen LogP contribution in [0, 0.1) is 0 Å². The number of rotatable bonds is 3. The quantitative estimate of drug-likeness (QED) is 0.388. The van der Waals surface area contributed by atoms with Crippen molar-refractivity contribution in [2.24, 2.45) is 0 Å². The summed E-state index contributed by atoms with van der Waals surface area (Å²) >= 11 is 55.1. The molecule has 0 amide bonds. The van der Waals surface area contributed by atoms with Crippen molar-refractivity contribution in [2.45, 2.75) is 22.7 Å². The molecule has 0 radical (unpaired) electrons. The van der Waals surface area contributed by atoms with Gasteiger partial charge in [-0.3, -0.25) is 0 Å². The molecule has 0 aliphatic heterocycles. The fraction of sp³-hybridized carbons (Fsp3) is 0.385. The molecular formula is C13H7Cl9. The summed E-state index contributed by atoms with van der Waals surface area (Å²) < 4.78 is -8.57. The van der Waals surface area contributed by atoms with Crippen molar-refractivity contribution >= 4 is 110 Å². The Balaban J connectivity index is 2.49. The van der Waals surface area contributed by atoms with Crippen molar-refractivity contribution in [3.63, 3.8) is 0 Å². The summed E-state index contributed by atoms with van der Waals surface area (Å²) in [6.07, 6.45) is 3.58. The first-order valence-corrected chi connectivity index (χ1v) is 9.21. The van der Waals surface area contributed by atoms with Gasteiger partial charge < -0.3 is 0 Å². The zero-order valence-corrected chi connectivity index (χ0v) is 17.2. The van der Waals surface area contributed by atoms with Gasteiger partial charge in [0.05, 0.1) is 0 Å². The smallest absolute Gasteiger partial charge is 0.0971 e. The maximum atomic E-state index is 6.46. The molecule has 1 aromatic carbocycles. The molecule has 0 saturated carbocycles. The molecular weight excluding hydrogens is 475 g/mol. The highest BCUT2D eigenvalue weighted by Gasteiger charge is 2.69. The van der Waals surface area contributed by atoms with E-state index in [2.05, 4.69) is 0 Å². The molecule has 2 rings (SSSR count). The second kappa shape index (κ2) is 6.38. The summed E-state index contributed by atoms with van der Waals surface area (Å²) in [5.41, 5.74) is 1.73. The lowest BCUT2D eigenvalue weighted by atomic mass is 9.93. The molecule has 0 fully saturated rings. The van der Waals surface area contributed by atoms with E-state index in [1.54, 1.807) is 6.08 Å². The zero-order chi connectivity index (χ0) is 17.0. The van der Waals surface area contributed by atoms with Crippen LogP contribution in [0.5, 0.6) is 0 Å². The molecule has 1 aliphatic carbocycles. The van der Waals surface area contributed by atoms with E-state index in [-0.39, 0.29) is 0 Å². The van der Waals surface area contributed by atoms with E-state index in [0.29, 0.717) is 0 Å². The van der Waals surface area contributed by atoms with Crippen LogP contribution in [0.2, 0.25) is 0 Å². The van der Waals surface area contributed by atoms with E-state index in [1.807, 2.05) is 30.3 Å². The van der Waals surface area contributed by atoms with Crippen molar-refractivity contribution in [1.29, 1.82) is 0 Å². The Morgan fingerprint density at radius 1 is 0.727 bits per heavy atom. The van der Waals surface area contributed by atoms with Crippen molar-refractivity contribution in [2.75, 3.05) is 0 Å². The number of allylic oxidation sites excluding steroid dienone is 1. The maximum Gasteiger partial charge on any atom is 0.226 e. The number of benzene rings is 1. The second-order valence-corrected chi connectivity index (χ2v) is 11.1. The third kappa shape index (κ3) is 3.06. The van der Waals surface area contributed by atoms with Crippen molar-refractivity contribution < 1.29 is 0 Å². The van der Waals surface area contributed by atoms with Gasteiger partial charge >= 0.3 is 0 Å². The lowest BCUT2D eigenvalue weighted by molar-refractivity contribution is 0.547. The minimum absolute atomic E-state index is 0.591. The van der Waals surface area contributed by atoms with Gasteiger partial charge in [0.2, 0.25) is 3.79 Å². The summed E-state index contributed by atoms with van der Waals surface area (Å²) in [5, 5.41) is 0. The lowest BCUT2D eigenvalue weighted by Gasteiger charge is -2.46. The molecule has 1 atom stereocenters. The molecule has 0 saturated heterocycles. The number of fused-ring (bicyclic) bond motifs is 1. The number of halogens is 9. The highest BCUT2D eigenvalue weighted by Crippen LogP contribution is 2.66. The van der Waals surface area contributed by atoms with Gasteiger partial charge in [-0.15, -0.1) is 0 Å². The second-order valence-electron chi connectivity index (χ2n) is 4.74. The van der Waals surface area contributed by atoms with Gasteiger partial charge in [-0.25, -0.2) is 0 Å². The van der Waals surface area contributed by atoms with Crippen LogP contribution in [0.3, 0.4) is 0 Å². The first-order valence-electron chi connectivity index (χ1n) is 5.81. The van der Waals surface area contributed by atoms with Crippen LogP contribution in [0.25, 0.3) is 6.08 Å². The highest BCUT2D eigenvalue weighted by molar-refractivity contribution is 6.80. The Morgan fingerprint density at radius 2 is 1.27 bits per heavy atom. The molecule has 1 aliphatic rings. The number of alkyl halides is 9.